The number of halogens is 1. The van der Waals surface area contributed by atoms with Crippen molar-refractivity contribution in [3.8, 4) is 0 Å². The number of rotatable bonds is 7. The van der Waals surface area contributed by atoms with Gasteiger partial charge in [0.15, 0.2) is 0 Å². The van der Waals surface area contributed by atoms with Crippen LogP contribution in [0.3, 0.4) is 0 Å². The summed E-state index contributed by atoms with van der Waals surface area (Å²) >= 11 is 5.80. The van der Waals surface area contributed by atoms with Gasteiger partial charge in [-0.3, -0.25) is 14.9 Å². The number of nitro groups is 1. The maximum absolute atomic E-state index is 10.9. The summed E-state index contributed by atoms with van der Waals surface area (Å²) in [6.07, 6.45) is 0.700. The lowest BCUT2D eigenvalue weighted by atomic mass is 10.0. The van der Waals surface area contributed by atoms with Crippen LogP contribution in [0, 0.1) is 16.0 Å². The Morgan fingerprint density at radius 1 is 1.58 bits per heavy atom. The predicted octanol–water partition coefficient (Wildman–Crippen LogP) is 3.16. The first-order chi connectivity index (χ1) is 8.93. The van der Waals surface area contributed by atoms with Crippen molar-refractivity contribution < 1.29 is 14.8 Å². The number of carboxylic acid groups (broad SMARTS) is 1. The van der Waals surface area contributed by atoms with E-state index in [1.54, 1.807) is 0 Å². The van der Waals surface area contributed by atoms with Gasteiger partial charge in [-0.05, 0) is 18.1 Å². The highest BCUT2D eigenvalue weighted by molar-refractivity contribution is 6.31. The van der Waals surface area contributed by atoms with Crippen LogP contribution in [0.4, 0.5) is 11.4 Å². The number of nitro benzene ring substituents is 1. The first-order valence-corrected chi connectivity index (χ1v) is 6.21. The second-order valence-electron chi connectivity index (χ2n) is 4.17. The molecule has 0 fully saturated rings. The number of hydrogen-bond acceptors (Lipinski definition) is 4. The molecule has 0 radical (unpaired) electrons. The minimum absolute atomic E-state index is 0.0257. The molecule has 0 aliphatic rings. The van der Waals surface area contributed by atoms with Crippen LogP contribution in [0.2, 0.25) is 5.02 Å². The summed E-state index contributed by atoms with van der Waals surface area (Å²) in [6.45, 7) is 2.23. The van der Waals surface area contributed by atoms with Gasteiger partial charge < -0.3 is 10.4 Å². The van der Waals surface area contributed by atoms with Gasteiger partial charge >= 0.3 is 5.97 Å². The fourth-order valence-corrected chi connectivity index (χ4v) is 1.84. The first-order valence-electron chi connectivity index (χ1n) is 5.83. The van der Waals surface area contributed by atoms with E-state index in [0.29, 0.717) is 23.7 Å². The van der Waals surface area contributed by atoms with Crippen LogP contribution < -0.4 is 5.32 Å². The molecular formula is C12H15ClN2O4. The lowest BCUT2D eigenvalue weighted by Gasteiger charge is -2.14. The van der Waals surface area contributed by atoms with Crippen LogP contribution in [0.1, 0.15) is 19.8 Å². The van der Waals surface area contributed by atoms with Gasteiger partial charge in [-0.1, -0.05) is 24.9 Å². The Morgan fingerprint density at radius 2 is 2.26 bits per heavy atom. The second kappa shape index (κ2) is 6.94. The molecule has 0 aromatic heterocycles. The number of hydrogen-bond donors (Lipinski definition) is 2. The maximum Gasteiger partial charge on any atom is 0.303 e. The Labute approximate surface area is 115 Å². The third-order valence-corrected chi connectivity index (χ3v) is 3.01. The monoisotopic (exact) mass is 286 g/mol. The molecule has 0 amide bonds. The number of carbonyl (C=O) groups is 1. The van der Waals surface area contributed by atoms with Gasteiger partial charge in [0, 0.05) is 24.1 Å². The smallest absolute Gasteiger partial charge is 0.303 e. The predicted molar refractivity (Wildman–Crippen MR) is 72.6 cm³/mol. The molecule has 1 atom stereocenters. The number of carboxylic acids is 1. The molecular weight excluding hydrogens is 272 g/mol. The molecule has 0 heterocycles. The summed E-state index contributed by atoms with van der Waals surface area (Å²) in [5, 5.41) is 22.9. The largest absolute Gasteiger partial charge is 0.481 e. The van der Waals surface area contributed by atoms with E-state index in [0.717, 1.165) is 0 Å². The lowest BCUT2D eigenvalue weighted by molar-refractivity contribution is -0.384. The van der Waals surface area contributed by atoms with Crippen molar-refractivity contribution >= 4 is 28.9 Å². The zero-order valence-electron chi connectivity index (χ0n) is 10.4. The molecule has 1 aromatic rings. The Morgan fingerprint density at radius 3 is 2.79 bits per heavy atom. The van der Waals surface area contributed by atoms with Crippen molar-refractivity contribution in [3.05, 3.63) is 33.3 Å². The van der Waals surface area contributed by atoms with Crippen molar-refractivity contribution in [1.82, 2.24) is 0 Å². The van der Waals surface area contributed by atoms with E-state index in [-0.39, 0.29) is 18.0 Å². The summed E-state index contributed by atoms with van der Waals surface area (Å²) in [5.74, 6) is -0.967. The van der Waals surface area contributed by atoms with Crippen molar-refractivity contribution in [2.75, 3.05) is 11.9 Å². The molecule has 0 aliphatic heterocycles. The van der Waals surface area contributed by atoms with Crippen molar-refractivity contribution in [2.24, 2.45) is 5.92 Å². The number of nitrogens with one attached hydrogen (secondary N) is 1. The van der Waals surface area contributed by atoms with E-state index in [1.807, 2.05) is 6.92 Å². The fraction of sp³-hybridized carbons (Fsp3) is 0.417. The van der Waals surface area contributed by atoms with Gasteiger partial charge in [0.25, 0.3) is 5.69 Å². The summed E-state index contributed by atoms with van der Waals surface area (Å²) in [5.41, 5.74) is 0.232. The summed E-state index contributed by atoms with van der Waals surface area (Å²) in [7, 11) is 0. The highest BCUT2D eigenvalue weighted by atomic mass is 35.5. The van der Waals surface area contributed by atoms with Crippen molar-refractivity contribution in [1.29, 1.82) is 0 Å². The standard InChI is InChI=1S/C12H15ClN2O4/c1-2-8(5-12(16)17)7-14-10-6-9(13)3-4-11(10)15(18)19/h3-4,6,8,14H,2,5,7H2,1H3,(H,16,17). The molecule has 1 rings (SSSR count). The second-order valence-corrected chi connectivity index (χ2v) is 4.61. The quantitative estimate of drug-likeness (QED) is 0.593. The molecule has 0 saturated carbocycles. The van der Waals surface area contributed by atoms with Gasteiger partial charge in [0.1, 0.15) is 5.69 Å². The molecule has 104 valence electrons. The Kier molecular flexibility index (Phi) is 5.57. The van der Waals surface area contributed by atoms with E-state index in [9.17, 15) is 14.9 Å². The molecule has 0 aliphatic carbocycles. The summed E-state index contributed by atoms with van der Waals surface area (Å²) in [6, 6.07) is 4.23. The van der Waals surface area contributed by atoms with Crippen LogP contribution in [-0.4, -0.2) is 22.5 Å². The van der Waals surface area contributed by atoms with Crippen molar-refractivity contribution in [3.63, 3.8) is 0 Å². The van der Waals surface area contributed by atoms with Crippen LogP contribution in [0.15, 0.2) is 18.2 Å². The van der Waals surface area contributed by atoms with Gasteiger partial charge in [0.2, 0.25) is 0 Å². The minimum atomic E-state index is -0.880. The average molecular weight is 287 g/mol. The molecule has 6 nitrogen and oxygen atoms in total. The van der Waals surface area contributed by atoms with Crippen molar-refractivity contribution in [2.45, 2.75) is 19.8 Å². The van der Waals surface area contributed by atoms with Crippen LogP contribution in [-0.2, 0) is 4.79 Å². The Hall–Kier alpha value is -1.82. The van der Waals surface area contributed by atoms with E-state index in [1.165, 1.54) is 18.2 Å². The van der Waals surface area contributed by atoms with Gasteiger partial charge in [-0.25, -0.2) is 0 Å². The van der Waals surface area contributed by atoms with E-state index >= 15 is 0 Å². The molecule has 0 saturated heterocycles. The number of nitrogens with zero attached hydrogens (tertiary/aromatic N) is 1. The van der Waals surface area contributed by atoms with E-state index in [2.05, 4.69) is 5.32 Å². The third-order valence-electron chi connectivity index (χ3n) is 2.78. The zero-order chi connectivity index (χ0) is 14.4. The van der Waals surface area contributed by atoms with Crippen LogP contribution in [0.25, 0.3) is 0 Å². The van der Waals surface area contributed by atoms with Crippen LogP contribution in [0.5, 0.6) is 0 Å². The Balaban J connectivity index is 2.78. The van der Waals surface area contributed by atoms with E-state index in [4.69, 9.17) is 16.7 Å². The first kappa shape index (κ1) is 15.2. The molecule has 19 heavy (non-hydrogen) atoms. The van der Waals surface area contributed by atoms with Gasteiger partial charge in [0.05, 0.1) is 4.92 Å². The zero-order valence-corrected chi connectivity index (χ0v) is 11.2. The maximum atomic E-state index is 10.9. The highest BCUT2D eigenvalue weighted by Gasteiger charge is 2.16. The van der Waals surface area contributed by atoms with E-state index < -0.39 is 10.9 Å². The Bertz CT molecular complexity index is 479. The number of aliphatic carboxylic acids is 1. The fourth-order valence-electron chi connectivity index (χ4n) is 1.67. The SMILES string of the molecule is CCC(CNc1cc(Cl)ccc1[N+](=O)[O-])CC(=O)O. The summed E-state index contributed by atoms with van der Waals surface area (Å²) < 4.78 is 0. The average Bonchev–Trinajstić information content (AvgIpc) is 2.33. The molecule has 0 spiro atoms. The molecule has 2 N–H and O–H groups in total. The molecule has 1 unspecified atom stereocenters. The van der Waals surface area contributed by atoms with Gasteiger partial charge in [-0.15, -0.1) is 0 Å². The van der Waals surface area contributed by atoms with Crippen LogP contribution >= 0.6 is 11.6 Å². The number of benzene rings is 1. The van der Waals surface area contributed by atoms with Gasteiger partial charge in [-0.2, -0.15) is 0 Å². The topological polar surface area (TPSA) is 92.5 Å². The third kappa shape index (κ3) is 4.75. The number of anilines is 1. The molecule has 0 bridgehead atoms. The normalized spacial score (nSPS) is 11.9. The lowest BCUT2D eigenvalue weighted by Crippen LogP contribution is -2.17. The minimum Gasteiger partial charge on any atom is -0.481 e. The highest BCUT2D eigenvalue weighted by Crippen LogP contribution is 2.28. The molecule has 7 heteroatoms. The summed E-state index contributed by atoms with van der Waals surface area (Å²) in [4.78, 5) is 21.0. The molecule has 1 aromatic carbocycles.